The molecule has 0 radical (unpaired) electrons. The van der Waals surface area contributed by atoms with Gasteiger partial charge in [-0.15, -0.1) is 0 Å². The second-order valence-corrected chi connectivity index (χ2v) is 6.68. The lowest BCUT2D eigenvalue weighted by Gasteiger charge is -2.29. The Hall–Kier alpha value is -0.0800. The van der Waals surface area contributed by atoms with Crippen LogP contribution in [0, 0.1) is 11.8 Å². The van der Waals surface area contributed by atoms with Gasteiger partial charge in [-0.2, -0.15) is 0 Å². The number of rotatable bonds is 12. The Morgan fingerprint density at radius 2 is 1.25 bits per heavy atom. The molecule has 2 heteroatoms. The van der Waals surface area contributed by atoms with E-state index in [4.69, 9.17) is 5.11 Å². The van der Waals surface area contributed by atoms with Gasteiger partial charge in [0.15, 0.2) is 0 Å². The summed E-state index contributed by atoms with van der Waals surface area (Å²) in [6, 6.07) is 0. The Morgan fingerprint density at radius 1 is 0.700 bits per heavy atom. The predicted molar refractivity (Wildman–Crippen MR) is 85.8 cm³/mol. The average Bonchev–Trinajstić information content (AvgIpc) is 2.50. The van der Waals surface area contributed by atoms with Crippen molar-refractivity contribution >= 4 is 0 Å². The third-order valence-corrected chi connectivity index (χ3v) is 5.03. The minimum atomic E-state index is 0.351. The molecule has 0 amide bonds. The second kappa shape index (κ2) is 12.6. The lowest BCUT2D eigenvalue weighted by molar-refractivity contribution is 0.137. The van der Waals surface area contributed by atoms with Crippen molar-refractivity contribution in [1.29, 1.82) is 0 Å². The Kier molecular flexibility index (Phi) is 11.4. The number of aliphatic hydroxyl groups excluding tert-OH is 2. The van der Waals surface area contributed by atoms with Gasteiger partial charge >= 0.3 is 0 Å². The lowest BCUT2D eigenvalue weighted by Crippen LogP contribution is -2.21. The van der Waals surface area contributed by atoms with Gasteiger partial charge in [0, 0.05) is 13.2 Å². The molecule has 1 aliphatic rings. The van der Waals surface area contributed by atoms with E-state index in [0.717, 1.165) is 12.3 Å². The van der Waals surface area contributed by atoms with Crippen molar-refractivity contribution < 1.29 is 10.2 Å². The van der Waals surface area contributed by atoms with Crippen molar-refractivity contribution in [2.75, 3.05) is 13.2 Å². The first-order chi connectivity index (χ1) is 9.88. The zero-order chi connectivity index (χ0) is 14.5. The fourth-order valence-electron chi connectivity index (χ4n) is 3.66. The molecule has 0 aromatic rings. The van der Waals surface area contributed by atoms with E-state index in [1.54, 1.807) is 0 Å². The summed E-state index contributed by atoms with van der Waals surface area (Å²) in [6.45, 7) is 0.759. The quantitative estimate of drug-likeness (QED) is 0.511. The van der Waals surface area contributed by atoms with Crippen LogP contribution in [0.2, 0.25) is 0 Å². The van der Waals surface area contributed by atoms with E-state index in [0.29, 0.717) is 19.1 Å². The van der Waals surface area contributed by atoms with Crippen molar-refractivity contribution in [3.05, 3.63) is 0 Å². The molecular weight excluding hydrogens is 248 g/mol. The zero-order valence-corrected chi connectivity index (χ0v) is 13.4. The first-order valence-electron chi connectivity index (χ1n) is 9.10. The van der Waals surface area contributed by atoms with Crippen LogP contribution >= 0.6 is 0 Å². The molecule has 2 nitrogen and oxygen atoms in total. The van der Waals surface area contributed by atoms with E-state index >= 15 is 0 Å². The fraction of sp³-hybridized carbons (Fsp3) is 1.00. The van der Waals surface area contributed by atoms with Crippen LogP contribution in [0.4, 0.5) is 0 Å². The van der Waals surface area contributed by atoms with Crippen LogP contribution in [0.1, 0.15) is 89.9 Å². The zero-order valence-electron chi connectivity index (χ0n) is 13.4. The summed E-state index contributed by atoms with van der Waals surface area (Å²) in [5, 5.41) is 18.3. The standard InChI is InChI=1S/C18H36O2/c19-15-11-6-4-2-1-3-5-8-14-18(16-20)17-12-9-7-10-13-17/h17-20H,1-16H2. The molecule has 0 aliphatic heterocycles. The molecule has 1 saturated carbocycles. The van der Waals surface area contributed by atoms with Crippen LogP contribution in [0.25, 0.3) is 0 Å². The first kappa shape index (κ1) is 18.0. The van der Waals surface area contributed by atoms with E-state index in [-0.39, 0.29) is 0 Å². The molecule has 0 aromatic carbocycles. The normalized spacial score (nSPS) is 18.3. The van der Waals surface area contributed by atoms with E-state index in [1.807, 2.05) is 0 Å². The van der Waals surface area contributed by atoms with Gasteiger partial charge in [0.1, 0.15) is 0 Å². The summed E-state index contributed by atoms with van der Waals surface area (Å²) >= 11 is 0. The van der Waals surface area contributed by atoms with Gasteiger partial charge < -0.3 is 10.2 Å². The molecule has 0 aromatic heterocycles. The maximum absolute atomic E-state index is 9.58. The van der Waals surface area contributed by atoms with Crippen molar-refractivity contribution in [2.45, 2.75) is 89.9 Å². The summed E-state index contributed by atoms with van der Waals surface area (Å²) < 4.78 is 0. The SMILES string of the molecule is OCCCCCCCCCCC(CO)C1CCCCC1. The average molecular weight is 284 g/mol. The van der Waals surface area contributed by atoms with Gasteiger partial charge in [0.2, 0.25) is 0 Å². The fourth-order valence-corrected chi connectivity index (χ4v) is 3.66. The van der Waals surface area contributed by atoms with E-state index in [1.165, 1.54) is 83.5 Å². The lowest BCUT2D eigenvalue weighted by atomic mass is 9.78. The van der Waals surface area contributed by atoms with E-state index < -0.39 is 0 Å². The van der Waals surface area contributed by atoms with E-state index in [2.05, 4.69) is 0 Å². The number of hydrogen-bond donors (Lipinski definition) is 2. The van der Waals surface area contributed by atoms with Crippen LogP contribution in [-0.4, -0.2) is 23.4 Å². The molecule has 0 spiro atoms. The minimum Gasteiger partial charge on any atom is -0.396 e. The molecule has 2 N–H and O–H groups in total. The topological polar surface area (TPSA) is 40.5 Å². The summed E-state index contributed by atoms with van der Waals surface area (Å²) in [6.07, 6.45) is 18.2. The van der Waals surface area contributed by atoms with Gasteiger partial charge in [-0.25, -0.2) is 0 Å². The molecule has 1 unspecified atom stereocenters. The van der Waals surface area contributed by atoms with Gasteiger partial charge in [-0.05, 0) is 24.7 Å². The molecule has 1 rings (SSSR count). The molecule has 0 bridgehead atoms. The van der Waals surface area contributed by atoms with Crippen LogP contribution in [0.15, 0.2) is 0 Å². The molecule has 1 fully saturated rings. The summed E-state index contributed by atoms with van der Waals surface area (Å²) in [5.74, 6) is 1.40. The smallest absolute Gasteiger partial charge is 0.0461 e. The Labute approximate surface area is 126 Å². The van der Waals surface area contributed by atoms with Crippen molar-refractivity contribution in [1.82, 2.24) is 0 Å². The maximum atomic E-state index is 9.58. The molecule has 0 heterocycles. The maximum Gasteiger partial charge on any atom is 0.0461 e. The molecule has 20 heavy (non-hydrogen) atoms. The van der Waals surface area contributed by atoms with Crippen LogP contribution < -0.4 is 0 Å². The Bertz CT molecular complexity index is 200. The molecule has 120 valence electrons. The summed E-state index contributed by atoms with van der Waals surface area (Å²) in [4.78, 5) is 0. The molecule has 0 saturated heterocycles. The van der Waals surface area contributed by atoms with Crippen LogP contribution in [0.5, 0.6) is 0 Å². The van der Waals surface area contributed by atoms with Crippen molar-refractivity contribution in [2.24, 2.45) is 11.8 Å². The summed E-state index contributed by atoms with van der Waals surface area (Å²) in [5.41, 5.74) is 0. The van der Waals surface area contributed by atoms with Crippen molar-refractivity contribution in [3.63, 3.8) is 0 Å². The number of hydrogen-bond acceptors (Lipinski definition) is 2. The largest absolute Gasteiger partial charge is 0.396 e. The Balaban J connectivity index is 1.93. The van der Waals surface area contributed by atoms with Crippen LogP contribution in [-0.2, 0) is 0 Å². The van der Waals surface area contributed by atoms with Crippen LogP contribution in [0.3, 0.4) is 0 Å². The highest BCUT2D eigenvalue weighted by molar-refractivity contribution is 4.73. The highest BCUT2D eigenvalue weighted by atomic mass is 16.3. The predicted octanol–water partition coefficient (Wildman–Crippen LogP) is 4.68. The van der Waals surface area contributed by atoms with Gasteiger partial charge in [-0.1, -0.05) is 77.0 Å². The van der Waals surface area contributed by atoms with Crippen molar-refractivity contribution in [3.8, 4) is 0 Å². The van der Waals surface area contributed by atoms with E-state index in [9.17, 15) is 5.11 Å². The minimum absolute atomic E-state index is 0.351. The number of unbranched alkanes of at least 4 members (excludes halogenated alkanes) is 7. The number of aliphatic hydroxyl groups is 2. The monoisotopic (exact) mass is 284 g/mol. The molecule has 1 atom stereocenters. The van der Waals surface area contributed by atoms with Gasteiger partial charge in [0.25, 0.3) is 0 Å². The highest BCUT2D eigenvalue weighted by Crippen LogP contribution is 2.32. The molecule has 1 aliphatic carbocycles. The second-order valence-electron chi connectivity index (χ2n) is 6.68. The molecular formula is C18H36O2. The van der Waals surface area contributed by atoms with Gasteiger partial charge in [0.05, 0.1) is 0 Å². The first-order valence-corrected chi connectivity index (χ1v) is 9.10. The Morgan fingerprint density at radius 3 is 1.80 bits per heavy atom. The summed E-state index contributed by atoms with van der Waals surface area (Å²) in [7, 11) is 0. The highest BCUT2D eigenvalue weighted by Gasteiger charge is 2.22. The van der Waals surface area contributed by atoms with Gasteiger partial charge in [-0.3, -0.25) is 0 Å². The third kappa shape index (κ3) is 8.26. The third-order valence-electron chi connectivity index (χ3n) is 5.03.